The standard InChI is InChI=1S/C15H15ClF3NO3/c1-3-20-14(22)9(2)23-13(21)7-4-10-8-11(15(17,18)19)5-6-12(10)16/h4-9H,3H2,1-2H3,(H,20,22)/b7-4+/t9-/m0/s1. The van der Waals surface area contributed by atoms with Crippen LogP contribution in [0.15, 0.2) is 24.3 Å². The van der Waals surface area contributed by atoms with Crippen LogP contribution in [0.5, 0.6) is 0 Å². The van der Waals surface area contributed by atoms with E-state index in [1.807, 2.05) is 0 Å². The highest BCUT2D eigenvalue weighted by Gasteiger charge is 2.30. The molecule has 0 saturated heterocycles. The van der Waals surface area contributed by atoms with Crippen molar-refractivity contribution in [3.63, 3.8) is 0 Å². The molecule has 1 N–H and O–H groups in total. The Labute approximate surface area is 136 Å². The maximum atomic E-state index is 12.6. The van der Waals surface area contributed by atoms with E-state index in [1.54, 1.807) is 6.92 Å². The maximum Gasteiger partial charge on any atom is 0.416 e. The number of benzene rings is 1. The molecule has 1 aromatic rings. The summed E-state index contributed by atoms with van der Waals surface area (Å²) in [5.74, 6) is -1.33. The fraction of sp³-hybridized carbons (Fsp3) is 0.333. The fourth-order valence-electron chi connectivity index (χ4n) is 1.59. The lowest BCUT2D eigenvalue weighted by Crippen LogP contribution is -2.35. The van der Waals surface area contributed by atoms with Gasteiger partial charge in [-0.2, -0.15) is 13.2 Å². The van der Waals surface area contributed by atoms with Crippen LogP contribution in [0.25, 0.3) is 6.08 Å². The van der Waals surface area contributed by atoms with Crippen molar-refractivity contribution in [1.29, 1.82) is 0 Å². The molecule has 0 saturated carbocycles. The first-order chi connectivity index (χ1) is 10.6. The van der Waals surface area contributed by atoms with Crippen LogP contribution in [-0.4, -0.2) is 24.5 Å². The van der Waals surface area contributed by atoms with Crippen LogP contribution in [0.3, 0.4) is 0 Å². The summed E-state index contributed by atoms with van der Waals surface area (Å²) in [5, 5.41) is 2.53. The van der Waals surface area contributed by atoms with Gasteiger partial charge in [-0.25, -0.2) is 4.79 Å². The van der Waals surface area contributed by atoms with E-state index in [1.165, 1.54) is 6.92 Å². The number of likely N-dealkylation sites (N-methyl/N-ethyl adjacent to an activating group) is 1. The van der Waals surface area contributed by atoms with Crippen molar-refractivity contribution in [1.82, 2.24) is 5.32 Å². The van der Waals surface area contributed by atoms with Gasteiger partial charge in [0, 0.05) is 17.6 Å². The Morgan fingerprint density at radius 1 is 1.39 bits per heavy atom. The molecule has 0 aliphatic rings. The molecule has 0 spiro atoms. The zero-order chi connectivity index (χ0) is 17.6. The summed E-state index contributed by atoms with van der Waals surface area (Å²) >= 11 is 5.79. The quantitative estimate of drug-likeness (QED) is 0.654. The number of amides is 1. The molecule has 1 amide bonds. The first kappa shape index (κ1) is 19.0. The zero-order valence-electron chi connectivity index (χ0n) is 12.4. The number of rotatable bonds is 5. The minimum Gasteiger partial charge on any atom is -0.449 e. The Bertz CT molecular complexity index is 614. The van der Waals surface area contributed by atoms with Crippen LogP contribution in [-0.2, 0) is 20.5 Å². The van der Waals surface area contributed by atoms with E-state index in [-0.39, 0.29) is 10.6 Å². The molecule has 4 nitrogen and oxygen atoms in total. The van der Waals surface area contributed by atoms with E-state index in [0.717, 1.165) is 30.4 Å². The van der Waals surface area contributed by atoms with Crippen molar-refractivity contribution in [3.05, 3.63) is 40.4 Å². The molecule has 0 bridgehead atoms. The molecule has 126 valence electrons. The van der Waals surface area contributed by atoms with Crippen LogP contribution in [0.2, 0.25) is 5.02 Å². The van der Waals surface area contributed by atoms with E-state index in [0.29, 0.717) is 6.54 Å². The van der Waals surface area contributed by atoms with Crippen LogP contribution >= 0.6 is 11.6 Å². The number of esters is 1. The molecule has 1 aromatic carbocycles. The average Bonchev–Trinajstić information content (AvgIpc) is 2.45. The normalized spacial score (nSPS) is 13.0. The number of halogens is 4. The number of hydrogen-bond acceptors (Lipinski definition) is 3. The second-order valence-corrected chi connectivity index (χ2v) is 4.95. The second kappa shape index (κ2) is 8.01. The van der Waals surface area contributed by atoms with Crippen LogP contribution in [0.4, 0.5) is 13.2 Å². The van der Waals surface area contributed by atoms with Gasteiger partial charge in [0.1, 0.15) is 0 Å². The van der Waals surface area contributed by atoms with Crippen molar-refractivity contribution in [3.8, 4) is 0 Å². The molecule has 23 heavy (non-hydrogen) atoms. The Morgan fingerprint density at radius 3 is 2.61 bits per heavy atom. The Morgan fingerprint density at radius 2 is 2.04 bits per heavy atom. The fourth-order valence-corrected chi connectivity index (χ4v) is 1.77. The number of carbonyl (C=O) groups excluding carboxylic acids is 2. The third kappa shape index (κ3) is 5.94. The Balaban J connectivity index is 2.81. The molecular formula is C15H15ClF3NO3. The molecule has 0 radical (unpaired) electrons. The molecule has 0 aliphatic carbocycles. The summed E-state index contributed by atoms with van der Waals surface area (Å²) in [5.41, 5.74) is -0.866. The third-order valence-electron chi connectivity index (χ3n) is 2.74. The molecule has 1 rings (SSSR count). The number of ether oxygens (including phenoxy) is 1. The van der Waals surface area contributed by atoms with Crippen molar-refractivity contribution < 1.29 is 27.5 Å². The van der Waals surface area contributed by atoms with Gasteiger partial charge >= 0.3 is 12.1 Å². The van der Waals surface area contributed by atoms with Crippen LogP contribution in [0.1, 0.15) is 25.0 Å². The Hall–Kier alpha value is -2.02. The molecule has 0 heterocycles. The molecule has 0 fully saturated rings. The van der Waals surface area contributed by atoms with Gasteiger partial charge in [0.2, 0.25) is 0 Å². The number of alkyl halides is 3. The SMILES string of the molecule is CCNC(=O)[C@H](C)OC(=O)/C=C/c1cc(C(F)(F)F)ccc1Cl. The largest absolute Gasteiger partial charge is 0.449 e. The number of hydrogen-bond donors (Lipinski definition) is 1. The molecule has 8 heteroatoms. The van der Waals surface area contributed by atoms with Gasteiger partial charge < -0.3 is 10.1 Å². The van der Waals surface area contributed by atoms with Crippen LogP contribution < -0.4 is 5.32 Å². The monoisotopic (exact) mass is 349 g/mol. The maximum absolute atomic E-state index is 12.6. The van der Waals surface area contributed by atoms with Crippen molar-refractivity contribution >= 4 is 29.6 Å². The highest BCUT2D eigenvalue weighted by molar-refractivity contribution is 6.32. The second-order valence-electron chi connectivity index (χ2n) is 4.54. The van der Waals surface area contributed by atoms with Gasteiger partial charge in [0.25, 0.3) is 5.91 Å². The summed E-state index contributed by atoms with van der Waals surface area (Å²) < 4.78 is 42.7. The zero-order valence-corrected chi connectivity index (χ0v) is 13.2. The lowest BCUT2D eigenvalue weighted by Gasteiger charge is -2.11. The Kier molecular flexibility index (Phi) is 6.62. The predicted molar refractivity (Wildman–Crippen MR) is 79.7 cm³/mol. The average molecular weight is 350 g/mol. The van der Waals surface area contributed by atoms with Gasteiger partial charge in [-0.05, 0) is 43.7 Å². The first-order valence-electron chi connectivity index (χ1n) is 6.68. The minimum atomic E-state index is -4.51. The van der Waals surface area contributed by atoms with E-state index in [4.69, 9.17) is 16.3 Å². The van der Waals surface area contributed by atoms with Crippen molar-refractivity contribution in [2.24, 2.45) is 0 Å². The molecule has 0 aromatic heterocycles. The lowest BCUT2D eigenvalue weighted by atomic mass is 10.1. The van der Waals surface area contributed by atoms with Crippen molar-refractivity contribution in [2.75, 3.05) is 6.54 Å². The molecule has 1 atom stereocenters. The van der Waals surface area contributed by atoms with Crippen molar-refractivity contribution in [2.45, 2.75) is 26.1 Å². The predicted octanol–water partition coefficient (Wildman–Crippen LogP) is 3.44. The number of carbonyl (C=O) groups is 2. The summed E-state index contributed by atoms with van der Waals surface area (Å²) in [6.07, 6.45) is -3.51. The van der Waals surface area contributed by atoms with Gasteiger partial charge in [-0.15, -0.1) is 0 Å². The number of nitrogens with one attached hydrogen (secondary N) is 1. The van der Waals surface area contributed by atoms with Gasteiger partial charge in [-0.1, -0.05) is 11.6 Å². The lowest BCUT2D eigenvalue weighted by molar-refractivity contribution is -0.150. The van der Waals surface area contributed by atoms with Crippen LogP contribution in [0, 0.1) is 0 Å². The van der Waals surface area contributed by atoms with E-state index < -0.39 is 29.7 Å². The summed E-state index contributed by atoms with van der Waals surface area (Å²) in [6, 6.07) is 2.75. The molecule has 0 unspecified atom stereocenters. The van der Waals surface area contributed by atoms with Gasteiger partial charge in [0.15, 0.2) is 6.10 Å². The minimum absolute atomic E-state index is 0.0177. The first-order valence-corrected chi connectivity index (χ1v) is 7.06. The van der Waals surface area contributed by atoms with Gasteiger partial charge in [0.05, 0.1) is 5.56 Å². The smallest absolute Gasteiger partial charge is 0.416 e. The summed E-state index contributed by atoms with van der Waals surface area (Å²) in [7, 11) is 0. The topological polar surface area (TPSA) is 55.4 Å². The van der Waals surface area contributed by atoms with E-state index in [9.17, 15) is 22.8 Å². The van der Waals surface area contributed by atoms with Gasteiger partial charge in [-0.3, -0.25) is 4.79 Å². The van der Waals surface area contributed by atoms with E-state index in [2.05, 4.69) is 5.32 Å². The highest BCUT2D eigenvalue weighted by atomic mass is 35.5. The molecular weight excluding hydrogens is 335 g/mol. The highest BCUT2D eigenvalue weighted by Crippen LogP contribution is 2.32. The van der Waals surface area contributed by atoms with E-state index >= 15 is 0 Å². The summed E-state index contributed by atoms with van der Waals surface area (Å²) in [6.45, 7) is 3.48. The molecule has 0 aliphatic heterocycles. The third-order valence-corrected chi connectivity index (χ3v) is 3.08. The summed E-state index contributed by atoms with van der Waals surface area (Å²) in [4.78, 5) is 23.0.